The Balaban J connectivity index is 2.28. The van der Waals surface area contributed by atoms with Gasteiger partial charge in [-0.25, -0.2) is 4.39 Å². The lowest BCUT2D eigenvalue weighted by molar-refractivity contribution is 0.281. The number of hydrogen-bond acceptors (Lipinski definition) is 3. The van der Waals surface area contributed by atoms with Gasteiger partial charge < -0.3 is 10.0 Å². The highest BCUT2D eigenvalue weighted by Gasteiger charge is 2.16. The molecule has 1 aromatic carbocycles. The van der Waals surface area contributed by atoms with Crippen molar-refractivity contribution in [3.05, 3.63) is 52.0 Å². The maximum Gasteiger partial charge on any atom is 0.146 e. The fourth-order valence-electron chi connectivity index (χ4n) is 2.00. The van der Waals surface area contributed by atoms with Gasteiger partial charge in [-0.15, -0.1) is 11.3 Å². The van der Waals surface area contributed by atoms with Gasteiger partial charge >= 0.3 is 0 Å². The monoisotopic (exact) mass is 279 g/mol. The summed E-state index contributed by atoms with van der Waals surface area (Å²) in [6.07, 6.45) is 0. The first-order valence-corrected chi connectivity index (χ1v) is 7.18. The first-order valence-electron chi connectivity index (χ1n) is 6.30. The molecule has 0 spiro atoms. The molecule has 1 heterocycles. The molecule has 0 radical (unpaired) electrons. The molecule has 4 heteroatoms. The smallest absolute Gasteiger partial charge is 0.146 e. The van der Waals surface area contributed by atoms with Crippen molar-refractivity contribution in [2.24, 2.45) is 0 Å². The third-order valence-corrected chi connectivity index (χ3v) is 3.89. The molecule has 19 heavy (non-hydrogen) atoms. The molecule has 0 fully saturated rings. The van der Waals surface area contributed by atoms with E-state index in [0.717, 1.165) is 0 Å². The number of rotatable bonds is 5. The fraction of sp³-hybridized carbons (Fsp3) is 0.333. The lowest BCUT2D eigenvalue weighted by Crippen LogP contribution is -2.30. The first-order chi connectivity index (χ1) is 9.11. The molecule has 102 valence electrons. The SMILES string of the molecule is CC(C)N(Cc1cccs1)c1ccc(CO)cc1F. The lowest BCUT2D eigenvalue weighted by atomic mass is 10.1. The zero-order valence-electron chi connectivity index (χ0n) is 11.1. The maximum atomic E-state index is 14.1. The minimum absolute atomic E-state index is 0.135. The summed E-state index contributed by atoms with van der Waals surface area (Å²) in [7, 11) is 0. The van der Waals surface area contributed by atoms with Crippen LogP contribution in [-0.4, -0.2) is 11.1 Å². The predicted octanol–water partition coefficient (Wildman–Crippen LogP) is 3.79. The number of nitrogens with zero attached hydrogens (tertiary/aromatic N) is 1. The number of anilines is 1. The average Bonchev–Trinajstić information content (AvgIpc) is 2.89. The topological polar surface area (TPSA) is 23.5 Å². The Kier molecular flexibility index (Phi) is 4.56. The molecule has 0 aliphatic heterocycles. The number of hydrogen-bond donors (Lipinski definition) is 1. The Hall–Kier alpha value is -1.39. The summed E-state index contributed by atoms with van der Waals surface area (Å²) in [5.41, 5.74) is 1.18. The van der Waals surface area contributed by atoms with Crippen molar-refractivity contribution in [3.8, 4) is 0 Å². The van der Waals surface area contributed by atoms with Crippen molar-refractivity contribution in [2.45, 2.75) is 33.0 Å². The van der Waals surface area contributed by atoms with Gasteiger partial charge in [-0.1, -0.05) is 12.1 Å². The minimum atomic E-state index is -0.281. The number of aliphatic hydroxyl groups excluding tert-OH is 1. The Morgan fingerprint density at radius 1 is 1.32 bits per heavy atom. The third-order valence-electron chi connectivity index (χ3n) is 3.03. The van der Waals surface area contributed by atoms with Crippen LogP contribution in [0.15, 0.2) is 35.7 Å². The quantitative estimate of drug-likeness (QED) is 0.900. The van der Waals surface area contributed by atoms with E-state index < -0.39 is 0 Å². The Morgan fingerprint density at radius 3 is 2.63 bits per heavy atom. The second-order valence-corrected chi connectivity index (χ2v) is 5.78. The van der Waals surface area contributed by atoms with Gasteiger partial charge in [-0.3, -0.25) is 0 Å². The summed E-state index contributed by atoms with van der Waals surface area (Å²) >= 11 is 1.67. The Bertz CT molecular complexity index is 525. The van der Waals surface area contributed by atoms with Gasteiger partial charge in [0, 0.05) is 10.9 Å². The average molecular weight is 279 g/mol. The predicted molar refractivity (Wildman–Crippen MR) is 78.0 cm³/mol. The van der Waals surface area contributed by atoms with E-state index in [1.165, 1.54) is 10.9 Å². The largest absolute Gasteiger partial charge is 0.392 e. The summed E-state index contributed by atoms with van der Waals surface area (Å²) in [5.74, 6) is -0.281. The standard InChI is InChI=1S/C15H18FNOS/c1-11(2)17(9-13-4-3-7-19-13)15-6-5-12(10-18)8-14(15)16/h3-8,11,18H,9-10H2,1-2H3. The third kappa shape index (κ3) is 3.33. The van der Waals surface area contributed by atoms with Crippen LogP contribution in [0.5, 0.6) is 0 Å². The van der Waals surface area contributed by atoms with Crippen LogP contribution in [0.2, 0.25) is 0 Å². The van der Waals surface area contributed by atoms with E-state index in [1.54, 1.807) is 23.5 Å². The van der Waals surface area contributed by atoms with E-state index in [1.807, 2.05) is 30.2 Å². The van der Waals surface area contributed by atoms with Crippen LogP contribution in [-0.2, 0) is 13.2 Å². The molecule has 0 aliphatic rings. The van der Waals surface area contributed by atoms with Crippen LogP contribution in [0.4, 0.5) is 10.1 Å². The molecular weight excluding hydrogens is 261 g/mol. The van der Waals surface area contributed by atoms with Gasteiger partial charge in [0.1, 0.15) is 5.82 Å². The van der Waals surface area contributed by atoms with Crippen LogP contribution in [0.3, 0.4) is 0 Å². The van der Waals surface area contributed by atoms with Crippen LogP contribution >= 0.6 is 11.3 Å². The molecule has 2 rings (SSSR count). The molecule has 1 N–H and O–H groups in total. The van der Waals surface area contributed by atoms with Gasteiger partial charge in [0.25, 0.3) is 0 Å². The van der Waals surface area contributed by atoms with Gasteiger partial charge in [0.05, 0.1) is 18.8 Å². The van der Waals surface area contributed by atoms with E-state index in [4.69, 9.17) is 5.11 Å². The molecular formula is C15H18FNOS. The van der Waals surface area contributed by atoms with E-state index >= 15 is 0 Å². The van der Waals surface area contributed by atoms with Crippen LogP contribution < -0.4 is 4.90 Å². The summed E-state index contributed by atoms with van der Waals surface area (Å²) in [4.78, 5) is 3.24. The van der Waals surface area contributed by atoms with Crippen LogP contribution in [0, 0.1) is 5.82 Å². The number of thiophene rings is 1. The molecule has 0 saturated heterocycles. The molecule has 2 aromatic rings. The second kappa shape index (κ2) is 6.17. The van der Waals surface area contributed by atoms with Crippen molar-refractivity contribution >= 4 is 17.0 Å². The second-order valence-electron chi connectivity index (χ2n) is 4.74. The highest BCUT2D eigenvalue weighted by molar-refractivity contribution is 7.09. The highest BCUT2D eigenvalue weighted by Crippen LogP contribution is 2.25. The molecule has 0 saturated carbocycles. The molecule has 2 nitrogen and oxygen atoms in total. The number of halogens is 1. The van der Waals surface area contributed by atoms with Gasteiger partial charge in [0.15, 0.2) is 0 Å². The number of aliphatic hydroxyl groups is 1. The van der Waals surface area contributed by atoms with Crippen molar-refractivity contribution in [1.29, 1.82) is 0 Å². The number of benzene rings is 1. The molecule has 0 amide bonds. The summed E-state index contributed by atoms with van der Waals surface area (Å²) in [5, 5.41) is 11.1. The molecule has 0 unspecified atom stereocenters. The lowest BCUT2D eigenvalue weighted by Gasteiger charge is -2.29. The van der Waals surface area contributed by atoms with Crippen molar-refractivity contribution < 1.29 is 9.50 Å². The normalized spacial score (nSPS) is 11.0. The summed E-state index contributed by atoms with van der Waals surface area (Å²) < 4.78 is 14.1. The summed E-state index contributed by atoms with van der Waals surface area (Å²) in [6, 6.07) is 9.18. The zero-order valence-corrected chi connectivity index (χ0v) is 12.0. The first kappa shape index (κ1) is 14.0. The molecule has 0 atom stereocenters. The van der Waals surface area contributed by atoms with Gasteiger partial charge in [-0.05, 0) is 43.0 Å². The van der Waals surface area contributed by atoms with Gasteiger partial charge in [-0.2, -0.15) is 0 Å². The van der Waals surface area contributed by atoms with Crippen LogP contribution in [0.1, 0.15) is 24.3 Å². The summed E-state index contributed by atoms with van der Waals surface area (Å²) in [6.45, 7) is 4.66. The van der Waals surface area contributed by atoms with E-state index in [-0.39, 0.29) is 18.5 Å². The zero-order chi connectivity index (χ0) is 13.8. The molecule has 0 bridgehead atoms. The van der Waals surface area contributed by atoms with Gasteiger partial charge in [0.2, 0.25) is 0 Å². The molecule has 0 aliphatic carbocycles. The fourth-order valence-corrected chi connectivity index (χ4v) is 2.70. The van der Waals surface area contributed by atoms with E-state index in [0.29, 0.717) is 17.8 Å². The van der Waals surface area contributed by atoms with Crippen molar-refractivity contribution in [2.75, 3.05) is 4.90 Å². The van der Waals surface area contributed by atoms with E-state index in [9.17, 15) is 4.39 Å². The van der Waals surface area contributed by atoms with Crippen LogP contribution in [0.25, 0.3) is 0 Å². The van der Waals surface area contributed by atoms with Crippen molar-refractivity contribution in [1.82, 2.24) is 0 Å². The molecule has 1 aromatic heterocycles. The minimum Gasteiger partial charge on any atom is -0.392 e. The Labute approximate surface area is 117 Å². The Morgan fingerprint density at radius 2 is 2.11 bits per heavy atom. The van der Waals surface area contributed by atoms with Crippen molar-refractivity contribution in [3.63, 3.8) is 0 Å². The maximum absolute atomic E-state index is 14.1. The van der Waals surface area contributed by atoms with E-state index in [2.05, 4.69) is 6.07 Å². The highest BCUT2D eigenvalue weighted by atomic mass is 32.1.